The van der Waals surface area contributed by atoms with Gasteiger partial charge in [0.15, 0.2) is 23.1 Å². The molecule has 2 aliphatic heterocycles. The van der Waals surface area contributed by atoms with Crippen molar-refractivity contribution in [3.63, 3.8) is 0 Å². The van der Waals surface area contributed by atoms with E-state index in [1.807, 2.05) is 4.90 Å². The van der Waals surface area contributed by atoms with Gasteiger partial charge < -0.3 is 14.4 Å². The largest absolute Gasteiger partial charge is 0.454 e. The lowest BCUT2D eigenvalue weighted by atomic mass is 9.90. The van der Waals surface area contributed by atoms with Crippen LogP contribution in [0, 0.1) is 11.6 Å². The molecule has 1 atom stereocenters. The third kappa shape index (κ3) is 3.28. The second-order valence-electron chi connectivity index (χ2n) is 7.48. The molecule has 1 fully saturated rings. The highest BCUT2D eigenvalue weighted by atomic mass is 19.2. The van der Waals surface area contributed by atoms with E-state index < -0.39 is 11.6 Å². The standard InChI is InChI=1S/C22H19F2N3O3/c23-17-5-3-13(8-18(17)24)16-10-25-26-21(16)15-2-1-7-27(11-15)22(28)14-4-6-19-20(9-14)30-12-29-19/h3-6,8-10,15H,1-2,7,11-12H2,(H,25,26)/t15-/m1/s1. The van der Waals surface area contributed by atoms with Gasteiger partial charge in [-0.15, -0.1) is 0 Å². The zero-order valence-corrected chi connectivity index (χ0v) is 16.0. The number of hydrogen-bond acceptors (Lipinski definition) is 4. The quantitative estimate of drug-likeness (QED) is 0.705. The number of aromatic nitrogens is 2. The third-order valence-corrected chi connectivity index (χ3v) is 5.64. The van der Waals surface area contributed by atoms with E-state index >= 15 is 0 Å². The zero-order chi connectivity index (χ0) is 20.7. The minimum atomic E-state index is -0.900. The molecule has 2 aromatic carbocycles. The van der Waals surface area contributed by atoms with Crippen LogP contribution >= 0.6 is 0 Å². The van der Waals surface area contributed by atoms with Crippen molar-refractivity contribution in [1.29, 1.82) is 0 Å². The maximum Gasteiger partial charge on any atom is 0.254 e. The molecule has 2 aliphatic rings. The predicted octanol–water partition coefficient (Wildman–Crippen LogP) is 4.10. The summed E-state index contributed by atoms with van der Waals surface area (Å²) in [7, 11) is 0. The van der Waals surface area contributed by atoms with E-state index in [4.69, 9.17) is 9.47 Å². The molecule has 30 heavy (non-hydrogen) atoms. The Kier molecular flexibility index (Phi) is 4.61. The number of piperidine rings is 1. The lowest BCUT2D eigenvalue weighted by Gasteiger charge is -2.33. The summed E-state index contributed by atoms with van der Waals surface area (Å²) in [6, 6.07) is 9.00. The SMILES string of the molecule is O=C(c1ccc2c(c1)OCO2)N1CCC[C@@H](c2[nH]ncc2-c2ccc(F)c(F)c2)C1. The second-order valence-corrected chi connectivity index (χ2v) is 7.48. The van der Waals surface area contributed by atoms with Gasteiger partial charge in [0.1, 0.15) is 0 Å². The van der Waals surface area contributed by atoms with Crippen molar-refractivity contribution < 1.29 is 23.0 Å². The molecular formula is C22H19F2N3O3. The van der Waals surface area contributed by atoms with E-state index in [0.717, 1.165) is 30.2 Å². The molecule has 5 rings (SSSR count). The predicted molar refractivity (Wildman–Crippen MR) is 104 cm³/mol. The number of ether oxygens (including phenoxy) is 2. The van der Waals surface area contributed by atoms with Gasteiger partial charge in [0, 0.05) is 35.8 Å². The van der Waals surface area contributed by atoms with Crippen LogP contribution in [0.2, 0.25) is 0 Å². The van der Waals surface area contributed by atoms with Gasteiger partial charge in [-0.05, 0) is 48.7 Å². The number of carbonyl (C=O) groups excluding carboxylic acids is 1. The zero-order valence-electron chi connectivity index (χ0n) is 16.0. The Morgan fingerprint density at radius 2 is 1.97 bits per heavy atom. The fourth-order valence-electron chi connectivity index (χ4n) is 4.11. The molecule has 0 aliphatic carbocycles. The first-order chi connectivity index (χ1) is 14.6. The molecule has 3 aromatic rings. The Labute approximate surface area is 171 Å². The molecule has 1 N–H and O–H groups in total. The number of H-pyrrole nitrogens is 1. The van der Waals surface area contributed by atoms with Gasteiger partial charge in [0.25, 0.3) is 5.91 Å². The highest BCUT2D eigenvalue weighted by Crippen LogP contribution is 2.36. The first-order valence-corrected chi connectivity index (χ1v) is 9.78. The summed E-state index contributed by atoms with van der Waals surface area (Å²) in [6.07, 6.45) is 3.31. The van der Waals surface area contributed by atoms with Crippen LogP contribution in [0.1, 0.15) is 34.8 Å². The van der Waals surface area contributed by atoms with E-state index in [1.165, 1.54) is 12.1 Å². The Bertz CT molecular complexity index is 1110. The van der Waals surface area contributed by atoms with Crippen molar-refractivity contribution in [2.75, 3.05) is 19.9 Å². The van der Waals surface area contributed by atoms with Crippen LogP contribution in [0.3, 0.4) is 0 Å². The topological polar surface area (TPSA) is 67.5 Å². The van der Waals surface area contributed by atoms with Gasteiger partial charge in [0.05, 0.1) is 6.20 Å². The average Bonchev–Trinajstić information content (AvgIpc) is 3.44. The van der Waals surface area contributed by atoms with Crippen molar-refractivity contribution in [3.8, 4) is 22.6 Å². The van der Waals surface area contributed by atoms with Gasteiger partial charge >= 0.3 is 0 Å². The number of benzene rings is 2. The van der Waals surface area contributed by atoms with Crippen molar-refractivity contribution >= 4 is 5.91 Å². The van der Waals surface area contributed by atoms with Gasteiger partial charge in [-0.3, -0.25) is 9.89 Å². The molecule has 8 heteroatoms. The molecule has 1 saturated heterocycles. The van der Waals surface area contributed by atoms with Crippen LogP contribution in [-0.4, -0.2) is 40.9 Å². The maximum atomic E-state index is 13.7. The summed E-state index contributed by atoms with van der Waals surface area (Å²) in [5.74, 6) is -0.639. The van der Waals surface area contributed by atoms with E-state index in [2.05, 4.69) is 10.2 Å². The first-order valence-electron chi connectivity index (χ1n) is 9.78. The fraction of sp³-hybridized carbons (Fsp3) is 0.273. The summed E-state index contributed by atoms with van der Waals surface area (Å²) in [5, 5.41) is 7.12. The highest BCUT2D eigenvalue weighted by Gasteiger charge is 2.29. The normalized spacial score (nSPS) is 17.9. The number of halogens is 2. The van der Waals surface area contributed by atoms with Gasteiger partial charge in [0.2, 0.25) is 6.79 Å². The van der Waals surface area contributed by atoms with Crippen molar-refractivity contribution in [1.82, 2.24) is 15.1 Å². The van der Waals surface area contributed by atoms with Crippen LogP contribution in [-0.2, 0) is 0 Å². The van der Waals surface area contributed by atoms with Crippen LogP contribution < -0.4 is 9.47 Å². The molecule has 0 bridgehead atoms. The summed E-state index contributed by atoms with van der Waals surface area (Å²) in [4.78, 5) is 14.9. The number of fused-ring (bicyclic) bond motifs is 1. The summed E-state index contributed by atoms with van der Waals surface area (Å²) in [6.45, 7) is 1.32. The third-order valence-electron chi connectivity index (χ3n) is 5.64. The number of nitrogens with zero attached hydrogens (tertiary/aromatic N) is 2. The van der Waals surface area contributed by atoms with Gasteiger partial charge in [-0.2, -0.15) is 5.10 Å². The fourth-order valence-corrected chi connectivity index (χ4v) is 4.11. The molecule has 1 aromatic heterocycles. The molecule has 0 unspecified atom stereocenters. The summed E-state index contributed by atoms with van der Waals surface area (Å²) >= 11 is 0. The van der Waals surface area contributed by atoms with Crippen molar-refractivity contribution in [3.05, 3.63) is 65.5 Å². The number of aromatic amines is 1. The minimum absolute atomic E-state index is 0.0160. The smallest absolute Gasteiger partial charge is 0.254 e. The van der Waals surface area contributed by atoms with E-state index in [0.29, 0.717) is 35.7 Å². The Morgan fingerprint density at radius 1 is 1.10 bits per heavy atom. The maximum absolute atomic E-state index is 13.7. The lowest BCUT2D eigenvalue weighted by Crippen LogP contribution is -2.39. The molecule has 6 nitrogen and oxygen atoms in total. The van der Waals surface area contributed by atoms with E-state index in [1.54, 1.807) is 24.4 Å². The minimum Gasteiger partial charge on any atom is -0.454 e. The molecule has 0 saturated carbocycles. The molecule has 0 spiro atoms. The van der Waals surface area contributed by atoms with Crippen molar-refractivity contribution in [2.24, 2.45) is 0 Å². The number of nitrogens with one attached hydrogen (secondary N) is 1. The van der Waals surface area contributed by atoms with Crippen LogP contribution in [0.25, 0.3) is 11.1 Å². The highest BCUT2D eigenvalue weighted by molar-refractivity contribution is 5.95. The molecule has 154 valence electrons. The summed E-state index contributed by atoms with van der Waals surface area (Å²) in [5.41, 5.74) is 2.64. The first kappa shape index (κ1) is 18.6. The second kappa shape index (κ2) is 7.44. The Balaban J connectivity index is 1.38. The van der Waals surface area contributed by atoms with Crippen molar-refractivity contribution in [2.45, 2.75) is 18.8 Å². The average molecular weight is 411 g/mol. The number of carbonyl (C=O) groups is 1. The monoisotopic (exact) mass is 411 g/mol. The van der Waals surface area contributed by atoms with E-state index in [-0.39, 0.29) is 18.6 Å². The van der Waals surface area contributed by atoms with Crippen LogP contribution in [0.4, 0.5) is 8.78 Å². The van der Waals surface area contributed by atoms with Gasteiger partial charge in [-0.1, -0.05) is 6.07 Å². The number of rotatable bonds is 3. The Hall–Kier alpha value is -3.42. The summed E-state index contributed by atoms with van der Waals surface area (Å²) < 4.78 is 37.7. The van der Waals surface area contributed by atoms with Crippen LogP contribution in [0.5, 0.6) is 11.5 Å². The molecule has 1 amide bonds. The van der Waals surface area contributed by atoms with Crippen LogP contribution in [0.15, 0.2) is 42.6 Å². The number of likely N-dealkylation sites (tertiary alicyclic amines) is 1. The van der Waals surface area contributed by atoms with E-state index in [9.17, 15) is 13.6 Å². The molecule has 3 heterocycles. The van der Waals surface area contributed by atoms with Gasteiger partial charge in [-0.25, -0.2) is 8.78 Å². The Morgan fingerprint density at radius 3 is 2.83 bits per heavy atom. The number of hydrogen-bond donors (Lipinski definition) is 1. The lowest BCUT2D eigenvalue weighted by molar-refractivity contribution is 0.0705. The molecule has 0 radical (unpaired) electrons. The number of amides is 1. The molecular weight excluding hydrogens is 392 g/mol.